The van der Waals surface area contributed by atoms with Crippen LogP contribution in [-0.4, -0.2) is 45.0 Å². The quantitative estimate of drug-likeness (QED) is 0.706. The van der Waals surface area contributed by atoms with Crippen LogP contribution in [0.15, 0.2) is 22.7 Å². The van der Waals surface area contributed by atoms with Gasteiger partial charge in [0.25, 0.3) is 5.91 Å². The summed E-state index contributed by atoms with van der Waals surface area (Å²) >= 11 is 0. The van der Waals surface area contributed by atoms with Crippen LogP contribution in [0.2, 0.25) is 0 Å². The Labute approximate surface area is 150 Å². The second-order valence-electron chi connectivity index (χ2n) is 5.24. The number of nitrogens with zero attached hydrogens (tertiary/aromatic N) is 1. The molecule has 9 nitrogen and oxygen atoms in total. The van der Waals surface area contributed by atoms with Gasteiger partial charge in [0, 0.05) is 6.07 Å². The van der Waals surface area contributed by atoms with Gasteiger partial charge in [0.1, 0.15) is 5.76 Å². The van der Waals surface area contributed by atoms with Gasteiger partial charge in [-0.25, -0.2) is 0 Å². The number of esters is 1. The van der Waals surface area contributed by atoms with Crippen molar-refractivity contribution in [2.45, 2.75) is 13.3 Å². The van der Waals surface area contributed by atoms with E-state index in [1.807, 2.05) is 0 Å². The zero-order chi connectivity index (χ0) is 19.1. The number of nitrogens with one attached hydrogen (secondary N) is 1. The lowest BCUT2D eigenvalue weighted by atomic mass is 10.1. The summed E-state index contributed by atoms with van der Waals surface area (Å²) in [5.41, 5.74) is 0.594. The van der Waals surface area contributed by atoms with Gasteiger partial charge in [-0.05, 0) is 24.6 Å². The Morgan fingerprint density at radius 2 is 1.73 bits per heavy atom. The average molecular weight is 364 g/mol. The number of methoxy groups -OCH3 is 3. The predicted octanol–water partition coefficient (Wildman–Crippen LogP) is 1.73. The molecule has 0 unspecified atom stereocenters. The SMILES string of the molecule is COc1cc(CC(=O)OCC(=O)Nc2cc(C)on2)cc(OC)c1OC. The van der Waals surface area contributed by atoms with E-state index in [-0.39, 0.29) is 12.2 Å². The van der Waals surface area contributed by atoms with Crippen molar-refractivity contribution in [2.75, 3.05) is 33.3 Å². The molecule has 1 amide bonds. The summed E-state index contributed by atoms with van der Waals surface area (Å²) in [4.78, 5) is 23.7. The van der Waals surface area contributed by atoms with Gasteiger partial charge in [0.05, 0.1) is 27.8 Å². The minimum absolute atomic E-state index is 0.0624. The number of hydrogen-bond acceptors (Lipinski definition) is 8. The van der Waals surface area contributed by atoms with E-state index in [1.165, 1.54) is 21.3 Å². The number of rotatable bonds is 8. The van der Waals surface area contributed by atoms with E-state index >= 15 is 0 Å². The van der Waals surface area contributed by atoms with Gasteiger partial charge in [0.15, 0.2) is 23.9 Å². The first-order valence-electron chi connectivity index (χ1n) is 7.64. The third-order valence-electron chi connectivity index (χ3n) is 3.33. The summed E-state index contributed by atoms with van der Waals surface area (Å²) in [6.45, 7) is 1.26. The van der Waals surface area contributed by atoms with Crippen molar-refractivity contribution in [3.05, 3.63) is 29.5 Å². The molecular formula is C17H20N2O7. The Morgan fingerprint density at radius 1 is 1.08 bits per heavy atom. The number of hydrogen-bond donors (Lipinski definition) is 1. The van der Waals surface area contributed by atoms with Crippen LogP contribution in [-0.2, 0) is 20.7 Å². The molecule has 1 heterocycles. The fraction of sp³-hybridized carbons (Fsp3) is 0.353. The van der Waals surface area contributed by atoms with Gasteiger partial charge in [-0.2, -0.15) is 0 Å². The van der Waals surface area contributed by atoms with Gasteiger partial charge in [-0.15, -0.1) is 0 Å². The van der Waals surface area contributed by atoms with Gasteiger partial charge < -0.3 is 28.8 Å². The molecule has 26 heavy (non-hydrogen) atoms. The molecule has 2 aromatic rings. The molecule has 0 saturated heterocycles. The van der Waals surface area contributed by atoms with E-state index in [1.54, 1.807) is 25.1 Å². The van der Waals surface area contributed by atoms with E-state index in [9.17, 15) is 9.59 Å². The lowest BCUT2D eigenvalue weighted by Gasteiger charge is -2.14. The monoisotopic (exact) mass is 364 g/mol. The molecule has 0 aliphatic heterocycles. The fourth-order valence-corrected chi connectivity index (χ4v) is 2.21. The Kier molecular flexibility index (Phi) is 6.42. The number of benzene rings is 1. The van der Waals surface area contributed by atoms with Crippen LogP contribution in [0.1, 0.15) is 11.3 Å². The number of ether oxygens (including phenoxy) is 4. The average Bonchev–Trinajstić information content (AvgIpc) is 3.03. The van der Waals surface area contributed by atoms with E-state index in [4.69, 9.17) is 23.5 Å². The van der Waals surface area contributed by atoms with Crippen LogP contribution in [0.25, 0.3) is 0 Å². The summed E-state index contributed by atoms with van der Waals surface area (Å²) in [5.74, 6) is 0.993. The molecule has 0 fully saturated rings. The standard InChI is InChI=1S/C17H20N2O7/c1-10-5-14(19-26-10)18-15(20)9-25-16(21)8-11-6-12(22-2)17(24-4)13(7-11)23-3/h5-7H,8-9H2,1-4H3,(H,18,19,20). The van der Waals surface area contributed by atoms with Crippen LogP contribution in [0, 0.1) is 6.92 Å². The molecule has 0 saturated carbocycles. The zero-order valence-electron chi connectivity index (χ0n) is 15.0. The smallest absolute Gasteiger partial charge is 0.310 e. The second kappa shape index (κ2) is 8.75. The lowest BCUT2D eigenvalue weighted by Crippen LogP contribution is -2.21. The van der Waals surface area contributed by atoms with Crippen molar-refractivity contribution in [1.29, 1.82) is 0 Å². The molecule has 140 valence electrons. The maximum atomic E-state index is 12.0. The van der Waals surface area contributed by atoms with Crippen molar-refractivity contribution in [2.24, 2.45) is 0 Å². The first-order chi connectivity index (χ1) is 12.5. The highest BCUT2D eigenvalue weighted by atomic mass is 16.5. The molecule has 0 aliphatic rings. The number of carbonyl (C=O) groups excluding carboxylic acids is 2. The summed E-state index contributed by atoms with van der Waals surface area (Å²) in [5, 5.41) is 6.07. The maximum Gasteiger partial charge on any atom is 0.310 e. The first-order valence-corrected chi connectivity index (χ1v) is 7.64. The van der Waals surface area contributed by atoms with E-state index in [0.717, 1.165) is 0 Å². The molecule has 0 bridgehead atoms. The maximum absolute atomic E-state index is 12.0. The van der Waals surface area contributed by atoms with Crippen molar-refractivity contribution in [3.63, 3.8) is 0 Å². The van der Waals surface area contributed by atoms with E-state index in [2.05, 4.69) is 10.5 Å². The summed E-state index contributed by atoms with van der Waals surface area (Å²) in [7, 11) is 4.45. The normalized spacial score (nSPS) is 10.2. The van der Waals surface area contributed by atoms with Crippen molar-refractivity contribution in [1.82, 2.24) is 5.16 Å². The predicted molar refractivity (Wildman–Crippen MR) is 90.6 cm³/mol. The van der Waals surface area contributed by atoms with Crippen molar-refractivity contribution in [3.8, 4) is 17.2 Å². The topological polar surface area (TPSA) is 109 Å². The van der Waals surface area contributed by atoms with Crippen LogP contribution >= 0.6 is 0 Å². The van der Waals surface area contributed by atoms with Gasteiger partial charge >= 0.3 is 5.97 Å². The Morgan fingerprint density at radius 3 is 2.23 bits per heavy atom. The van der Waals surface area contributed by atoms with Crippen LogP contribution in [0.3, 0.4) is 0 Å². The highest BCUT2D eigenvalue weighted by molar-refractivity contribution is 5.92. The number of aromatic nitrogens is 1. The van der Waals surface area contributed by atoms with Crippen LogP contribution < -0.4 is 19.5 Å². The molecule has 1 N–H and O–H groups in total. The van der Waals surface area contributed by atoms with Crippen molar-refractivity contribution >= 4 is 17.7 Å². The third-order valence-corrected chi connectivity index (χ3v) is 3.33. The minimum atomic E-state index is -0.578. The Bertz CT molecular complexity index is 760. The molecule has 0 spiro atoms. The molecule has 0 atom stereocenters. The van der Waals surface area contributed by atoms with Gasteiger partial charge in [0.2, 0.25) is 5.75 Å². The summed E-state index contributed by atoms with van der Waals surface area (Å²) in [6.07, 6.45) is -0.0624. The van der Waals surface area contributed by atoms with Gasteiger partial charge in [-0.1, -0.05) is 5.16 Å². The summed E-state index contributed by atoms with van der Waals surface area (Å²) < 4.78 is 25.5. The molecule has 0 radical (unpaired) electrons. The Balaban J connectivity index is 1.93. The van der Waals surface area contributed by atoms with Crippen LogP contribution in [0.4, 0.5) is 5.82 Å². The Hall–Kier alpha value is -3.23. The fourth-order valence-electron chi connectivity index (χ4n) is 2.21. The van der Waals surface area contributed by atoms with Crippen LogP contribution in [0.5, 0.6) is 17.2 Å². The molecule has 2 rings (SSSR count). The van der Waals surface area contributed by atoms with E-state index in [0.29, 0.717) is 28.6 Å². The molecule has 1 aromatic carbocycles. The highest BCUT2D eigenvalue weighted by Crippen LogP contribution is 2.38. The number of aryl methyl sites for hydroxylation is 1. The van der Waals surface area contributed by atoms with Gasteiger partial charge in [-0.3, -0.25) is 9.59 Å². The molecule has 0 aliphatic carbocycles. The molecular weight excluding hydrogens is 344 g/mol. The van der Waals surface area contributed by atoms with Crippen molar-refractivity contribution < 1.29 is 33.1 Å². The first kappa shape index (κ1) is 19.1. The third kappa shape index (κ3) is 4.88. The zero-order valence-corrected chi connectivity index (χ0v) is 15.0. The van der Waals surface area contributed by atoms with E-state index < -0.39 is 18.5 Å². The lowest BCUT2D eigenvalue weighted by molar-refractivity contribution is -0.146. The number of anilines is 1. The largest absolute Gasteiger partial charge is 0.493 e. The molecule has 9 heteroatoms. The second-order valence-corrected chi connectivity index (χ2v) is 5.24. The number of amides is 1. The minimum Gasteiger partial charge on any atom is -0.493 e. The molecule has 1 aromatic heterocycles. The number of carbonyl (C=O) groups is 2. The highest BCUT2D eigenvalue weighted by Gasteiger charge is 2.16. The summed E-state index contributed by atoms with van der Waals surface area (Å²) in [6, 6.07) is 4.83.